The number of hydrogen-bond acceptors (Lipinski definition) is 5. The maximum Gasteiger partial charge on any atom is 0.329 e. The Labute approximate surface area is 175 Å². The van der Waals surface area contributed by atoms with Gasteiger partial charge in [-0.1, -0.05) is 31.0 Å². The summed E-state index contributed by atoms with van der Waals surface area (Å²) < 4.78 is 4.32. The van der Waals surface area contributed by atoms with E-state index in [1.54, 1.807) is 7.05 Å². The number of H-pyrrole nitrogens is 1. The highest BCUT2D eigenvalue weighted by Gasteiger charge is 2.25. The fourth-order valence-electron chi connectivity index (χ4n) is 3.80. The zero-order chi connectivity index (χ0) is 19.8. The third-order valence-electron chi connectivity index (χ3n) is 5.43. The molecule has 2 heterocycles. The summed E-state index contributed by atoms with van der Waals surface area (Å²) in [5, 5.41) is 3.46. The number of aromatic nitrogens is 4. The molecule has 0 amide bonds. The van der Waals surface area contributed by atoms with Crippen LogP contribution in [0.4, 0.5) is 5.95 Å². The molecule has 1 fully saturated rings. The zero-order valence-corrected chi connectivity index (χ0v) is 17.8. The van der Waals surface area contributed by atoms with Gasteiger partial charge in [-0.15, -0.1) is 0 Å². The van der Waals surface area contributed by atoms with Gasteiger partial charge in [0, 0.05) is 22.7 Å². The average molecular weight is 494 g/mol. The van der Waals surface area contributed by atoms with Gasteiger partial charge in [-0.3, -0.25) is 18.9 Å². The number of nitrogens with two attached hydrogens (primary N) is 1. The van der Waals surface area contributed by atoms with Crippen LogP contribution in [0, 0.1) is 3.57 Å². The van der Waals surface area contributed by atoms with Crippen molar-refractivity contribution in [1.82, 2.24) is 19.1 Å². The molecular weight excluding hydrogens is 471 g/mol. The average Bonchev–Trinajstić information content (AvgIpc) is 3.02. The summed E-state index contributed by atoms with van der Waals surface area (Å²) >= 11 is 2.28. The lowest BCUT2D eigenvalue weighted by molar-refractivity contribution is 0.401. The van der Waals surface area contributed by atoms with Gasteiger partial charge in [0.2, 0.25) is 5.95 Å². The number of rotatable bonds is 4. The number of nitrogens with zero attached hydrogens (tertiary/aromatic N) is 3. The highest BCUT2D eigenvalue weighted by atomic mass is 127. The first-order valence-electron chi connectivity index (χ1n) is 9.41. The van der Waals surface area contributed by atoms with Gasteiger partial charge in [-0.25, -0.2) is 4.79 Å². The van der Waals surface area contributed by atoms with Crippen LogP contribution in [-0.2, 0) is 13.6 Å². The standard InChI is InChI=1S/C19H23IN6O2/c1-25-16-15(17(27)24-19(25)28)26(10-11-6-2-3-7-12(11)20)18(23-16)22-14-9-5-4-8-13(14)21/h2-3,6-7,13-14H,4-5,8-10,21H2,1H3,(H,22,23)(H,24,27,28)/t13-,14-/m1/s1. The Morgan fingerprint density at radius 1 is 1.29 bits per heavy atom. The minimum absolute atomic E-state index is 0.0426. The molecule has 148 valence electrons. The van der Waals surface area contributed by atoms with Crippen LogP contribution in [0.25, 0.3) is 11.2 Å². The number of aromatic amines is 1. The van der Waals surface area contributed by atoms with Gasteiger partial charge in [0.05, 0.1) is 6.54 Å². The number of benzene rings is 1. The topological polar surface area (TPSA) is 111 Å². The molecule has 0 radical (unpaired) electrons. The van der Waals surface area contributed by atoms with Crippen molar-refractivity contribution in [2.45, 2.75) is 44.3 Å². The Morgan fingerprint density at radius 2 is 2.04 bits per heavy atom. The molecule has 4 N–H and O–H groups in total. The highest BCUT2D eigenvalue weighted by molar-refractivity contribution is 14.1. The molecule has 2 atom stereocenters. The van der Waals surface area contributed by atoms with Gasteiger partial charge in [0.25, 0.3) is 5.56 Å². The Balaban J connectivity index is 1.86. The van der Waals surface area contributed by atoms with Gasteiger partial charge < -0.3 is 11.1 Å². The van der Waals surface area contributed by atoms with E-state index in [1.807, 2.05) is 28.8 Å². The van der Waals surface area contributed by atoms with Crippen molar-refractivity contribution in [1.29, 1.82) is 0 Å². The van der Waals surface area contributed by atoms with Crippen molar-refractivity contribution in [3.05, 3.63) is 54.2 Å². The second-order valence-electron chi connectivity index (χ2n) is 7.30. The van der Waals surface area contributed by atoms with Crippen LogP contribution in [0.2, 0.25) is 0 Å². The number of fused-ring (bicyclic) bond motifs is 1. The number of aryl methyl sites for hydroxylation is 1. The van der Waals surface area contributed by atoms with Crippen molar-refractivity contribution in [3.8, 4) is 0 Å². The van der Waals surface area contributed by atoms with E-state index < -0.39 is 11.2 Å². The van der Waals surface area contributed by atoms with E-state index in [0.717, 1.165) is 34.8 Å². The number of anilines is 1. The van der Waals surface area contributed by atoms with Crippen LogP contribution in [0.15, 0.2) is 33.9 Å². The molecule has 3 aromatic rings. The van der Waals surface area contributed by atoms with Crippen molar-refractivity contribution >= 4 is 39.7 Å². The largest absolute Gasteiger partial charge is 0.351 e. The van der Waals surface area contributed by atoms with Crippen LogP contribution >= 0.6 is 22.6 Å². The van der Waals surface area contributed by atoms with Crippen LogP contribution < -0.4 is 22.3 Å². The Bertz CT molecular complexity index is 1130. The SMILES string of the molecule is Cn1c(=O)[nH]c(=O)c2c1nc(N[C@@H]1CCCC[C@H]1N)n2Cc1ccccc1I. The lowest BCUT2D eigenvalue weighted by Gasteiger charge is -2.29. The summed E-state index contributed by atoms with van der Waals surface area (Å²) in [7, 11) is 1.61. The molecule has 4 rings (SSSR count). The first-order chi connectivity index (χ1) is 13.5. The fraction of sp³-hybridized carbons (Fsp3) is 0.421. The predicted molar refractivity (Wildman–Crippen MR) is 118 cm³/mol. The quantitative estimate of drug-likeness (QED) is 0.479. The second kappa shape index (κ2) is 7.70. The van der Waals surface area contributed by atoms with Crippen molar-refractivity contribution < 1.29 is 0 Å². The van der Waals surface area contributed by atoms with E-state index in [9.17, 15) is 9.59 Å². The molecule has 8 nitrogen and oxygen atoms in total. The maximum atomic E-state index is 12.6. The molecule has 0 unspecified atom stereocenters. The first kappa shape index (κ1) is 19.2. The molecule has 1 aromatic carbocycles. The lowest BCUT2D eigenvalue weighted by Crippen LogP contribution is -2.43. The molecule has 0 spiro atoms. The molecule has 9 heteroatoms. The third-order valence-corrected chi connectivity index (χ3v) is 6.48. The van der Waals surface area contributed by atoms with Gasteiger partial charge in [-0.2, -0.15) is 4.98 Å². The normalized spacial score (nSPS) is 19.8. The van der Waals surface area contributed by atoms with Crippen molar-refractivity contribution in [3.63, 3.8) is 0 Å². The summed E-state index contributed by atoms with van der Waals surface area (Å²) in [4.78, 5) is 31.7. The summed E-state index contributed by atoms with van der Waals surface area (Å²) in [6.45, 7) is 0.473. The number of halogens is 1. The molecule has 1 aliphatic rings. The van der Waals surface area contributed by atoms with Crippen molar-refractivity contribution in [2.24, 2.45) is 12.8 Å². The Hall–Kier alpha value is -2.14. The molecular formula is C19H23IN6O2. The zero-order valence-electron chi connectivity index (χ0n) is 15.6. The van der Waals surface area contributed by atoms with Gasteiger partial charge >= 0.3 is 5.69 Å². The molecule has 1 saturated carbocycles. The van der Waals surface area contributed by atoms with E-state index in [-0.39, 0.29) is 12.1 Å². The van der Waals surface area contributed by atoms with Crippen LogP contribution in [0.3, 0.4) is 0 Å². The summed E-state index contributed by atoms with van der Waals surface area (Å²) in [5.41, 5.74) is 7.23. The summed E-state index contributed by atoms with van der Waals surface area (Å²) in [6, 6.07) is 8.14. The second-order valence-corrected chi connectivity index (χ2v) is 8.46. The van der Waals surface area contributed by atoms with E-state index in [2.05, 4.69) is 37.9 Å². The smallest absolute Gasteiger partial charge is 0.329 e. The highest BCUT2D eigenvalue weighted by Crippen LogP contribution is 2.24. The van der Waals surface area contributed by atoms with E-state index >= 15 is 0 Å². The van der Waals surface area contributed by atoms with Crippen molar-refractivity contribution in [2.75, 3.05) is 5.32 Å². The summed E-state index contributed by atoms with van der Waals surface area (Å²) in [5.74, 6) is 0.573. The maximum absolute atomic E-state index is 12.6. The number of nitrogens with one attached hydrogen (secondary N) is 2. The fourth-order valence-corrected chi connectivity index (χ4v) is 4.36. The molecule has 2 aromatic heterocycles. The van der Waals surface area contributed by atoms with Crippen LogP contribution in [-0.4, -0.2) is 31.2 Å². The van der Waals surface area contributed by atoms with Gasteiger partial charge in [0.1, 0.15) is 0 Å². The Morgan fingerprint density at radius 3 is 2.79 bits per heavy atom. The minimum Gasteiger partial charge on any atom is -0.351 e. The molecule has 1 aliphatic carbocycles. The minimum atomic E-state index is -0.475. The Kier molecular flexibility index (Phi) is 5.28. The van der Waals surface area contributed by atoms with Crippen LogP contribution in [0.5, 0.6) is 0 Å². The first-order valence-corrected chi connectivity index (χ1v) is 10.5. The monoisotopic (exact) mass is 494 g/mol. The number of imidazole rings is 1. The van der Waals surface area contributed by atoms with Gasteiger partial charge in [0.15, 0.2) is 11.2 Å². The number of hydrogen-bond donors (Lipinski definition) is 3. The predicted octanol–water partition coefficient (Wildman–Crippen LogP) is 1.76. The van der Waals surface area contributed by atoms with E-state index in [4.69, 9.17) is 5.73 Å². The van der Waals surface area contributed by atoms with E-state index in [1.165, 1.54) is 4.57 Å². The lowest BCUT2D eigenvalue weighted by atomic mass is 9.91. The molecule has 0 aliphatic heterocycles. The molecule has 0 bridgehead atoms. The third kappa shape index (κ3) is 3.48. The van der Waals surface area contributed by atoms with E-state index in [0.29, 0.717) is 23.7 Å². The molecule has 0 saturated heterocycles. The summed E-state index contributed by atoms with van der Waals surface area (Å²) in [6.07, 6.45) is 4.17. The van der Waals surface area contributed by atoms with Crippen LogP contribution in [0.1, 0.15) is 31.2 Å². The van der Waals surface area contributed by atoms with Gasteiger partial charge in [-0.05, 0) is 47.1 Å². The molecule has 28 heavy (non-hydrogen) atoms.